The Labute approximate surface area is 77.0 Å². The number of nitrogens with two attached hydrogens (primary N) is 1. The van der Waals surface area contributed by atoms with Crippen LogP contribution in [0.3, 0.4) is 0 Å². The number of pyridine rings is 1. The van der Waals surface area contributed by atoms with Crippen LogP contribution in [0.4, 0.5) is 5.82 Å². The van der Waals surface area contributed by atoms with Crippen LogP contribution < -0.4 is 10.5 Å². The Bertz CT molecular complexity index is 429. The number of hydrogen-bond acceptors (Lipinski definition) is 4. The van der Waals surface area contributed by atoms with Crippen molar-refractivity contribution in [2.45, 2.75) is 0 Å². The van der Waals surface area contributed by atoms with Crippen molar-refractivity contribution in [3.05, 3.63) is 18.3 Å². The Kier molecular flexibility index (Phi) is 1.67. The van der Waals surface area contributed by atoms with Crippen LogP contribution >= 0.6 is 0 Å². The fourth-order valence-corrected chi connectivity index (χ4v) is 1.40. The quantitative estimate of drug-likeness (QED) is 0.592. The van der Waals surface area contributed by atoms with Crippen molar-refractivity contribution in [1.29, 1.82) is 0 Å². The van der Waals surface area contributed by atoms with E-state index in [9.17, 15) is 0 Å². The van der Waals surface area contributed by atoms with Crippen molar-refractivity contribution < 1.29 is 0 Å². The second kappa shape index (κ2) is 2.69. The van der Waals surface area contributed by atoms with E-state index in [1.165, 1.54) is 0 Å². The normalized spacial score (nSPS) is 10.4. The summed E-state index contributed by atoms with van der Waals surface area (Å²) < 4.78 is 0.589. The van der Waals surface area contributed by atoms with Gasteiger partial charge in [-0.3, -0.25) is 0 Å². The summed E-state index contributed by atoms with van der Waals surface area (Å²) in [6, 6.07) is 3.66. The van der Waals surface area contributed by atoms with Gasteiger partial charge in [0.15, 0.2) is 0 Å². The van der Waals surface area contributed by atoms with Gasteiger partial charge in [0.05, 0.1) is 0 Å². The van der Waals surface area contributed by atoms with Gasteiger partial charge in [-0.1, -0.05) is 0 Å². The van der Waals surface area contributed by atoms with E-state index in [1.807, 2.05) is 12.1 Å². The van der Waals surface area contributed by atoms with E-state index in [4.69, 9.17) is 5.73 Å². The summed E-state index contributed by atoms with van der Waals surface area (Å²) in [6.45, 7) is 0. The molecule has 0 spiro atoms. The molecule has 0 radical (unpaired) electrons. The number of rotatable bonds is 0. The van der Waals surface area contributed by atoms with Gasteiger partial charge in [0.2, 0.25) is 0 Å². The summed E-state index contributed by atoms with van der Waals surface area (Å²) >= 11 is 2.24. The first kappa shape index (κ1) is 7.46. The molecule has 2 heterocycles. The molecule has 2 rings (SSSR count). The van der Waals surface area contributed by atoms with E-state index in [1.54, 1.807) is 6.20 Å². The molecule has 60 valence electrons. The maximum absolute atomic E-state index is 5.66. The number of aromatic nitrogens is 3. The van der Waals surface area contributed by atoms with Gasteiger partial charge < -0.3 is 0 Å². The molecular formula is C7H6N4Se. The van der Waals surface area contributed by atoms with Crippen LogP contribution in [0, 0.1) is 0 Å². The molecule has 0 saturated heterocycles. The molecule has 5 heteroatoms. The zero-order chi connectivity index (χ0) is 8.55. The van der Waals surface area contributed by atoms with E-state index >= 15 is 0 Å². The van der Waals surface area contributed by atoms with Crippen molar-refractivity contribution >= 4 is 37.6 Å². The second-order valence-corrected chi connectivity index (χ2v) is 3.12. The van der Waals surface area contributed by atoms with Crippen molar-refractivity contribution in [2.75, 3.05) is 5.73 Å². The third kappa shape index (κ3) is 1.13. The third-order valence-electron chi connectivity index (χ3n) is 1.49. The van der Waals surface area contributed by atoms with Crippen LogP contribution in [-0.2, 0) is 0 Å². The Morgan fingerprint density at radius 2 is 2.17 bits per heavy atom. The molecule has 0 aromatic carbocycles. The van der Waals surface area contributed by atoms with E-state index in [-0.39, 0.29) is 0 Å². The molecule has 0 saturated carbocycles. The van der Waals surface area contributed by atoms with Crippen LogP contribution in [0.15, 0.2) is 18.3 Å². The van der Waals surface area contributed by atoms with Crippen LogP contribution in [0.25, 0.3) is 11.0 Å². The van der Waals surface area contributed by atoms with Gasteiger partial charge in [0, 0.05) is 0 Å². The number of nitrogen functional groups attached to an aromatic ring is 1. The molecule has 12 heavy (non-hydrogen) atoms. The SMILES string of the molecule is Nc1nc([SeH])nc2ncccc12. The predicted octanol–water partition coefficient (Wildman–Crippen LogP) is -0.867. The molecule has 2 N–H and O–H groups in total. The van der Waals surface area contributed by atoms with Crippen molar-refractivity contribution in [2.24, 2.45) is 0 Å². The van der Waals surface area contributed by atoms with Crippen LogP contribution in [0.5, 0.6) is 0 Å². The standard InChI is InChI=1S/C7H6N4Se/c8-5-4-2-1-3-9-6(4)11-7(12)10-5/h1-3H,(H3,8,9,10,11,12). The molecule has 0 amide bonds. The van der Waals surface area contributed by atoms with Gasteiger partial charge >= 0.3 is 76.6 Å². The van der Waals surface area contributed by atoms with Crippen LogP contribution in [-0.4, -0.2) is 31.0 Å². The van der Waals surface area contributed by atoms with Crippen molar-refractivity contribution in [3.63, 3.8) is 0 Å². The van der Waals surface area contributed by atoms with Gasteiger partial charge in [-0.25, -0.2) is 0 Å². The summed E-state index contributed by atoms with van der Waals surface area (Å²) in [6.07, 6.45) is 1.68. The molecule has 0 fully saturated rings. The van der Waals surface area contributed by atoms with Gasteiger partial charge in [0.1, 0.15) is 0 Å². The van der Waals surface area contributed by atoms with Crippen molar-refractivity contribution in [3.8, 4) is 0 Å². The number of hydrogen-bond donors (Lipinski definition) is 1. The molecule has 0 aliphatic rings. The monoisotopic (exact) mass is 226 g/mol. The Morgan fingerprint density at radius 3 is 3.00 bits per heavy atom. The molecule has 0 aliphatic carbocycles. The van der Waals surface area contributed by atoms with E-state index < -0.39 is 0 Å². The van der Waals surface area contributed by atoms with Gasteiger partial charge in [-0.2, -0.15) is 0 Å². The Hall–Kier alpha value is -1.19. The van der Waals surface area contributed by atoms with Crippen LogP contribution in [0.1, 0.15) is 0 Å². The molecule has 0 bridgehead atoms. The van der Waals surface area contributed by atoms with E-state index in [0.29, 0.717) is 16.2 Å². The zero-order valence-electron chi connectivity index (χ0n) is 6.10. The fraction of sp³-hybridized carbons (Fsp3) is 0. The molecule has 4 nitrogen and oxygen atoms in total. The van der Waals surface area contributed by atoms with E-state index in [2.05, 4.69) is 31.0 Å². The molecule has 2 aromatic rings. The molecular weight excluding hydrogens is 219 g/mol. The van der Waals surface area contributed by atoms with Crippen molar-refractivity contribution in [1.82, 2.24) is 15.0 Å². The second-order valence-electron chi connectivity index (χ2n) is 2.28. The summed E-state index contributed by atoms with van der Waals surface area (Å²) in [5.74, 6) is 0.476. The Balaban J connectivity index is 2.89. The average molecular weight is 225 g/mol. The fourth-order valence-electron chi connectivity index (χ4n) is 0.974. The molecule has 0 aliphatic heterocycles. The summed E-state index contributed by atoms with van der Waals surface area (Å²) in [5.41, 5.74) is 6.30. The minimum atomic E-state index is 0.476. The number of fused-ring (bicyclic) bond motifs is 1. The first-order valence-corrected chi connectivity index (χ1v) is 4.28. The first-order chi connectivity index (χ1) is 5.77. The van der Waals surface area contributed by atoms with Crippen LogP contribution in [0.2, 0.25) is 0 Å². The summed E-state index contributed by atoms with van der Waals surface area (Å²) in [4.78, 5) is 12.2. The summed E-state index contributed by atoms with van der Waals surface area (Å²) in [7, 11) is 0. The number of anilines is 1. The average Bonchev–Trinajstić information content (AvgIpc) is 2.04. The van der Waals surface area contributed by atoms with Gasteiger partial charge in [0.25, 0.3) is 0 Å². The Morgan fingerprint density at radius 1 is 1.33 bits per heavy atom. The summed E-state index contributed by atoms with van der Waals surface area (Å²) in [5, 5.41) is 0.798. The van der Waals surface area contributed by atoms with Gasteiger partial charge in [-0.15, -0.1) is 0 Å². The molecule has 0 atom stereocenters. The van der Waals surface area contributed by atoms with E-state index in [0.717, 1.165) is 5.39 Å². The predicted molar refractivity (Wildman–Crippen MR) is 48.5 cm³/mol. The maximum atomic E-state index is 5.66. The van der Waals surface area contributed by atoms with Gasteiger partial charge in [-0.05, 0) is 0 Å². The molecule has 0 unspecified atom stereocenters. The zero-order valence-corrected chi connectivity index (χ0v) is 7.97. The topological polar surface area (TPSA) is 64.7 Å². The number of nitrogens with zero attached hydrogens (tertiary/aromatic N) is 3. The third-order valence-corrected chi connectivity index (χ3v) is 1.91. The minimum absolute atomic E-state index is 0.476. The molecule has 2 aromatic heterocycles. The first-order valence-electron chi connectivity index (χ1n) is 3.34.